The lowest BCUT2D eigenvalue weighted by Crippen LogP contribution is -2.58. The molecule has 1 aliphatic rings. The monoisotopic (exact) mass is 784 g/mol. The summed E-state index contributed by atoms with van der Waals surface area (Å²) in [5.41, 5.74) is 7.31. The number of benzene rings is 6. The second-order valence-corrected chi connectivity index (χ2v) is 14.8. The molecular formula is C50H51ClO6. The molecule has 0 bridgehead atoms. The molecular weight excluding hydrogens is 732 g/mol. The Morgan fingerprint density at radius 2 is 1.04 bits per heavy atom. The molecule has 1 aliphatic heterocycles. The first kappa shape index (κ1) is 37.9. The zero-order valence-electron chi connectivity index (χ0n) is 34.2. The molecule has 1 N–H and O–H groups in total. The van der Waals surface area contributed by atoms with Crippen LogP contribution in [0.4, 0.5) is 0 Å². The Balaban J connectivity index is 1.33. The van der Waals surface area contributed by atoms with Crippen LogP contribution in [0.1, 0.15) is 65.8 Å². The van der Waals surface area contributed by atoms with Crippen LogP contribution in [0.2, 0.25) is 5.02 Å². The lowest BCUT2D eigenvalue weighted by Gasteiger charge is -2.47. The van der Waals surface area contributed by atoms with Gasteiger partial charge in [-0.1, -0.05) is 170 Å². The SMILES string of the molecule is [2H]C([2H])(O)c1cc(Cl)c(Cc2ccc(CC)cc2)cc1[C@@H]1O[C@H](COCc2ccccc2)[C@@H](OCc2ccccc2)[C@H](OCc2ccccc2)[C@H]1OCc1ccccc1. The molecule has 0 amide bonds. The molecule has 0 aliphatic carbocycles. The van der Waals surface area contributed by atoms with Gasteiger partial charge < -0.3 is 28.8 Å². The molecule has 0 aromatic heterocycles. The zero-order valence-corrected chi connectivity index (χ0v) is 33.0. The summed E-state index contributed by atoms with van der Waals surface area (Å²) in [6.07, 6.45) is -2.53. The van der Waals surface area contributed by atoms with Crippen molar-refractivity contribution >= 4 is 11.6 Å². The summed E-state index contributed by atoms with van der Waals surface area (Å²) in [5.74, 6) is 0. The number of halogens is 1. The van der Waals surface area contributed by atoms with Gasteiger partial charge in [0.1, 0.15) is 30.5 Å². The average molecular weight is 785 g/mol. The fraction of sp³-hybridized carbons (Fsp3) is 0.280. The van der Waals surface area contributed by atoms with E-state index < -0.39 is 37.1 Å². The summed E-state index contributed by atoms with van der Waals surface area (Å²) >= 11 is 6.94. The molecule has 0 spiro atoms. The van der Waals surface area contributed by atoms with Gasteiger partial charge in [-0.25, -0.2) is 0 Å². The molecule has 7 rings (SSSR count). The molecule has 1 heterocycles. The van der Waals surface area contributed by atoms with Crippen molar-refractivity contribution in [2.45, 2.75) is 83.3 Å². The van der Waals surface area contributed by atoms with Gasteiger partial charge in [0.05, 0.1) is 42.3 Å². The number of hydrogen-bond acceptors (Lipinski definition) is 6. The fourth-order valence-corrected chi connectivity index (χ4v) is 7.49. The molecule has 1 fully saturated rings. The molecule has 5 atom stereocenters. The van der Waals surface area contributed by atoms with E-state index in [2.05, 4.69) is 31.2 Å². The third kappa shape index (κ3) is 11.1. The van der Waals surface area contributed by atoms with Gasteiger partial charge in [0.2, 0.25) is 0 Å². The molecule has 294 valence electrons. The quantitative estimate of drug-likeness (QED) is 0.0936. The summed E-state index contributed by atoms with van der Waals surface area (Å²) in [6, 6.07) is 51.4. The van der Waals surface area contributed by atoms with Crippen LogP contribution >= 0.6 is 11.6 Å². The summed E-state index contributed by atoms with van der Waals surface area (Å²) in [6.45, 7) is 0.557. The van der Waals surface area contributed by atoms with Crippen molar-refractivity contribution < 1.29 is 31.5 Å². The van der Waals surface area contributed by atoms with E-state index in [-0.39, 0.29) is 32.0 Å². The van der Waals surface area contributed by atoms with Crippen LogP contribution in [0, 0.1) is 0 Å². The minimum absolute atomic E-state index is 0.0136. The minimum Gasteiger partial charge on any atom is -0.392 e. The first-order valence-electron chi connectivity index (χ1n) is 20.6. The van der Waals surface area contributed by atoms with Gasteiger partial charge in [-0.05, 0) is 69.0 Å². The predicted molar refractivity (Wildman–Crippen MR) is 225 cm³/mol. The van der Waals surface area contributed by atoms with E-state index in [4.69, 9.17) is 38.0 Å². The standard InChI is InChI=1S/C50H51ClO6/c1-2-36-23-25-37(26-24-36)27-42-28-44(43(30-52)29-45(42)51)47-49(55-33-40-19-11-5-12-20-40)50(56-34-41-21-13-6-14-22-41)48(54-32-39-17-9-4-10-18-39)46(57-47)35-53-31-38-15-7-3-8-16-38/h3-26,28-29,46-50,52H,2,27,30-35H2,1H3/t46-,47+,48-,49+,50+/m1/s1/i30D2. The Morgan fingerprint density at radius 1 is 0.561 bits per heavy atom. The lowest BCUT2D eigenvalue weighted by atomic mass is 9.87. The van der Waals surface area contributed by atoms with E-state index >= 15 is 0 Å². The van der Waals surface area contributed by atoms with Crippen molar-refractivity contribution in [2.75, 3.05) is 6.61 Å². The van der Waals surface area contributed by atoms with Gasteiger partial charge in [0.15, 0.2) is 0 Å². The molecule has 7 heteroatoms. The van der Waals surface area contributed by atoms with Crippen LogP contribution < -0.4 is 0 Å². The number of rotatable bonds is 18. The highest BCUT2D eigenvalue weighted by molar-refractivity contribution is 6.31. The van der Waals surface area contributed by atoms with Crippen molar-refractivity contribution in [1.82, 2.24) is 0 Å². The summed E-state index contributed by atoms with van der Waals surface area (Å²) in [5, 5.41) is 11.5. The molecule has 6 nitrogen and oxygen atoms in total. The van der Waals surface area contributed by atoms with Crippen LogP contribution in [0.3, 0.4) is 0 Å². The van der Waals surface area contributed by atoms with Crippen molar-refractivity contribution in [3.8, 4) is 0 Å². The summed E-state index contributed by atoms with van der Waals surface area (Å²) in [4.78, 5) is 0. The maximum atomic E-state index is 11.2. The second kappa shape index (κ2) is 20.7. The van der Waals surface area contributed by atoms with E-state index in [1.54, 1.807) is 0 Å². The largest absolute Gasteiger partial charge is 0.392 e. The number of hydrogen-bond donors (Lipinski definition) is 1. The normalized spacial score (nSPS) is 20.2. The number of ether oxygens (including phenoxy) is 5. The van der Waals surface area contributed by atoms with Crippen LogP contribution in [0.25, 0.3) is 0 Å². The molecule has 0 unspecified atom stereocenters. The topological polar surface area (TPSA) is 66.4 Å². The van der Waals surface area contributed by atoms with Gasteiger partial charge in [0, 0.05) is 5.02 Å². The van der Waals surface area contributed by atoms with E-state index in [0.717, 1.165) is 39.8 Å². The maximum Gasteiger partial charge on any atom is 0.117 e. The highest BCUT2D eigenvalue weighted by Crippen LogP contribution is 2.41. The number of aryl methyl sites for hydroxylation is 1. The van der Waals surface area contributed by atoms with Crippen LogP contribution in [0.15, 0.2) is 158 Å². The first-order valence-corrected chi connectivity index (χ1v) is 20.0. The van der Waals surface area contributed by atoms with Gasteiger partial charge in [-0.3, -0.25) is 0 Å². The van der Waals surface area contributed by atoms with Crippen molar-refractivity contribution in [3.05, 3.63) is 213 Å². The average Bonchev–Trinajstić information content (AvgIpc) is 3.26. The van der Waals surface area contributed by atoms with Gasteiger partial charge in [-0.15, -0.1) is 0 Å². The van der Waals surface area contributed by atoms with Gasteiger partial charge >= 0.3 is 0 Å². The van der Waals surface area contributed by atoms with E-state index in [9.17, 15) is 5.11 Å². The number of aliphatic hydroxyl groups is 1. The van der Waals surface area contributed by atoms with Crippen LogP contribution in [0.5, 0.6) is 0 Å². The third-order valence-corrected chi connectivity index (χ3v) is 10.7. The summed E-state index contributed by atoms with van der Waals surface area (Å²) in [7, 11) is 0. The van der Waals surface area contributed by atoms with Crippen molar-refractivity contribution in [3.63, 3.8) is 0 Å². The Labute approximate surface area is 344 Å². The van der Waals surface area contributed by atoms with E-state index in [1.807, 2.05) is 127 Å². The van der Waals surface area contributed by atoms with E-state index in [0.29, 0.717) is 23.6 Å². The van der Waals surface area contributed by atoms with Gasteiger partial charge in [-0.2, -0.15) is 0 Å². The molecule has 0 saturated carbocycles. The molecule has 1 saturated heterocycles. The van der Waals surface area contributed by atoms with Crippen molar-refractivity contribution in [1.29, 1.82) is 0 Å². The Bertz CT molecular complexity index is 2170. The fourth-order valence-electron chi connectivity index (χ4n) is 7.26. The Hall–Kier alpha value is -4.63. The lowest BCUT2D eigenvalue weighted by molar-refractivity contribution is -0.275. The summed E-state index contributed by atoms with van der Waals surface area (Å²) < 4.78 is 51.5. The third-order valence-electron chi connectivity index (χ3n) is 10.4. The Kier molecular flexibility index (Phi) is 13.8. The predicted octanol–water partition coefficient (Wildman–Crippen LogP) is 10.4. The molecule has 0 radical (unpaired) electrons. The second-order valence-electron chi connectivity index (χ2n) is 14.4. The molecule has 6 aromatic rings. The maximum absolute atomic E-state index is 11.2. The Morgan fingerprint density at radius 3 is 1.54 bits per heavy atom. The first-order chi connectivity index (χ1) is 28.7. The highest BCUT2D eigenvalue weighted by atomic mass is 35.5. The van der Waals surface area contributed by atoms with Gasteiger partial charge in [0.25, 0.3) is 0 Å². The molecule has 6 aromatic carbocycles. The van der Waals surface area contributed by atoms with E-state index in [1.165, 1.54) is 11.6 Å². The van der Waals surface area contributed by atoms with Crippen LogP contribution in [-0.2, 0) is 69.5 Å². The molecule has 57 heavy (non-hydrogen) atoms. The smallest absolute Gasteiger partial charge is 0.117 e. The highest BCUT2D eigenvalue weighted by Gasteiger charge is 2.49. The zero-order chi connectivity index (χ0) is 41.0. The van der Waals surface area contributed by atoms with Crippen molar-refractivity contribution in [2.24, 2.45) is 0 Å². The van der Waals surface area contributed by atoms with Crippen LogP contribution in [-0.4, -0.2) is 36.1 Å². The minimum atomic E-state index is -2.77.